The molecule has 0 bridgehead atoms. The highest BCUT2D eigenvalue weighted by Gasteiger charge is 2.23. The van der Waals surface area contributed by atoms with Crippen molar-refractivity contribution in [1.82, 2.24) is 10.3 Å². The lowest BCUT2D eigenvalue weighted by Gasteiger charge is -2.23. The van der Waals surface area contributed by atoms with Gasteiger partial charge in [-0.05, 0) is 36.6 Å². The molecule has 2 unspecified atom stereocenters. The largest absolute Gasteiger partial charge is 0.396 e. The molecular weight excluding hydrogens is 288 g/mol. The lowest BCUT2D eigenvalue weighted by atomic mass is 9.95. The summed E-state index contributed by atoms with van der Waals surface area (Å²) in [4.78, 5) is 15.9. The predicted molar refractivity (Wildman–Crippen MR) is 83.9 cm³/mol. The Balaban J connectivity index is 1.93. The first-order chi connectivity index (χ1) is 10.2. The maximum absolute atomic E-state index is 12.0. The molecule has 1 aliphatic carbocycles. The fourth-order valence-corrected chi connectivity index (χ4v) is 2.90. The summed E-state index contributed by atoms with van der Waals surface area (Å²) >= 11 is 5.80. The molecule has 0 aromatic carbocycles. The molecule has 114 valence electrons. The fraction of sp³-hybridized carbons (Fsp3) is 0.500. The number of hydrogen-bond donors (Lipinski definition) is 2. The van der Waals surface area contributed by atoms with E-state index in [0.717, 1.165) is 31.2 Å². The second kappa shape index (κ2) is 8.15. The molecule has 1 amide bonds. The van der Waals surface area contributed by atoms with Gasteiger partial charge < -0.3 is 10.4 Å². The second-order valence-electron chi connectivity index (χ2n) is 5.44. The number of aliphatic hydroxyl groups is 1. The number of amides is 1. The number of pyridine rings is 1. The quantitative estimate of drug-likeness (QED) is 0.511. The SMILES string of the molecule is O=C(/C=C/c1ccnc(Cl)c1)NC1CCCCCC1CO. The molecule has 1 heterocycles. The van der Waals surface area contributed by atoms with Crippen LogP contribution in [0, 0.1) is 5.92 Å². The Morgan fingerprint density at radius 3 is 3.00 bits per heavy atom. The third kappa shape index (κ3) is 5.14. The van der Waals surface area contributed by atoms with Gasteiger partial charge in [0.15, 0.2) is 0 Å². The van der Waals surface area contributed by atoms with Crippen molar-refractivity contribution in [3.63, 3.8) is 0 Å². The van der Waals surface area contributed by atoms with Gasteiger partial charge in [-0.25, -0.2) is 4.98 Å². The number of nitrogens with zero attached hydrogens (tertiary/aromatic N) is 1. The van der Waals surface area contributed by atoms with Crippen LogP contribution in [-0.2, 0) is 4.79 Å². The minimum atomic E-state index is -0.131. The summed E-state index contributed by atoms with van der Waals surface area (Å²) in [6, 6.07) is 3.56. The fourth-order valence-electron chi connectivity index (χ4n) is 2.72. The van der Waals surface area contributed by atoms with Crippen LogP contribution in [0.25, 0.3) is 6.08 Å². The zero-order chi connectivity index (χ0) is 15.1. The monoisotopic (exact) mass is 308 g/mol. The molecule has 2 atom stereocenters. The molecule has 2 N–H and O–H groups in total. The van der Waals surface area contributed by atoms with Gasteiger partial charge in [-0.15, -0.1) is 0 Å². The van der Waals surface area contributed by atoms with Crippen LogP contribution in [0.15, 0.2) is 24.4 Å². The smallest absolute Gasteiger partial charge is 0.244 e. The number of aliphatic hydroxyl groups excluding tert-OH is 1. The van der Waals surface area contributed by atoms with Gasteiger partial charge in [0.1, 0.15) is 5.15 Å². The van der Waals surface area contributed by atoms with E-state index in [0.29, 0.717) is 5.15 Å². The number of hydrogen-bond acceptors (Lipinski definition) is 3. The van der Waals surface area contributed by atoms with E-state index in [9.17, 15) is 9.90 Å². The summed E-state index contributed by atoms with van der Waals surface area (Å²) in [7, 11) is 0. The van der Waals surface area contributed by atoms with Crippen LogP contribution in [0.1, 0.15) is 37.7 Å². The van der Waals surface area contributed by atoms with E-state index >= 15 is 0 Å². The molecular formula is C16H21ClN2O2. The lowest BCUT2D eigenvalue weighted by Crippen LogP contribution is -2.40. The van der Waals surface area contributed by atoms with Gasteiger partial charge in [-0.2, -0.15) is 0 Å². The van der Waals surface area contributed by atoms with Gasteiger partial charge in [0.2, 0.25) is 5.91 Å². The Morgan fingerprint density at radius 2 is 2.24 bits per heavy atom. The highest BCUT2D eigenvalue weighted by atomic mass is 35.5. The van der Waals surface area contributed by atoms with Crippen molar-refractivity contribution >= 4 is 23.6 Å². The lowest BCUT2D eigenvalue weighted by molar-refractivity contribution is -0.117. The van der Waals surface area contributed by atoms with E-state index in [-0.39, 0.29) is 24.5 Å². The molecule has 1 aromatic rings. The van der Waals surface area contributed by atoms with E-state index in [4.69, 9.17) is 11.6 Å². The summed E-state index contributed by atoms with van der Waals surface area (Å²) in [6.07, 6.45) is 10.1. The molecule has 2 rings (SSSR count). The molecule has 1 saturated carbocycles. The minimum Gasteiger partial charge on any atom is -0.396 e. The minimum absolute atomic E-state index is 0.0654. The van der Waals surface area contributed by atoms with Crippen molar-refractivity contribution < 1.29 is 9.90 Å². The Labute approximate surface area is 130 Å². The standard InChI is InChI=1S/C16H21ClN2O2/c17-15-10-12(8-9-18-15)6-7-16(21)19-14-5-3-1-2-4-13(14)11-20/h6-10,13-14,20H,1-5,11H2,(H,19,21)/b7-6+. The Bertz CT molecular complexity index is 505. The van der Waals surface area contributed by atoms with Gasteiger partial charge in [0.25, 0.3) is 0 Å². The average molecular weight is 309 g/mol. The number of carbonyl (C=O) groups is 1. The molecule has 0 spiro atoms. The van der Waals surface area contributed by atoms with Crippen molar-refractivity contribution in [2.45, 2.75) is 38.1 Å². The third-order valence-corrected chi connectivity index (χ3v) is 4.11. The van der Waals surface area contributed by atoms with Crippen molar-refractivity contribution in [1.29, 1.82) is 0 Å². The van der Waals surface area contributed by atoms with E-state index in [2.05, 4.69) is 10.3 Å². The molecule has 4 nitrogen and oxygen atoms in total. The average Bonchev–Trinajstić information content (AvgIpc) is 2.70. The zero-order valence-corrected chi connectivity index (χ0v) is 12.7. The molecule has 0 radical (unpaired) electrons. The first-order valence-electron chi connectivity index (χ1n) is 7.40. The summed E-state index contributed by atoms with van der Waals surface area (Å²) in [5.41, 5.74) is 0.838. The highest BCUT2D eigenvalue weighted by Crippen LogP contribution is 2.23. The molecule has 5 heteroatoms. The number of carbonyl (C=O) groups excluding carboxylic acids is 1. The van der Waals surface area contributed by atoms with E-state index in [1.807, 2.05) is 0 Å². The maximum Gasteiger partial charge on any atom is 0.244 e. The van der Waals surface area contributed by atoms with Crippen molar-refractivity contribution in [2.24, 2.45) is 5.92 Å². The van der Waals surface area contributed by atoms with Crippen LogP contribution in [0.5, 0.6) is 0 Å². The van der Waals surface area contributed by atoms with Crippen LogP contribution >= 0.6 is 11.6 Å². The van der Waals surface area contributed by atoms with Gasteiger partial charge >= 0.3 is 0 Å². The normalized spacial score (nSPS) is 23.0. The van der Waals surface area contributed by atoms with E-state index < -0.39 is 0 Å². The van der Waals surface area contributed by atoms with Crippen LogP contribution in [0.4, 0.5) is 0 Å². The van der Waals surface area contributed by atoms with Gasteiger partial charge in [-0.3, -0.25) is 4.79 Å². The van der Waals surface area contributed by atoms with Crippen LogP contribution in [0.3, 0.4) is 0 Å². The van der Waals surface area contributed by atoms with Crippen LogP contribution < -0.4 is 5.32 Å². The van der Waals surface area contributed by atoms with Gasteiger partial charge in [0, 0.05) is 30.8 Å². The van der Waals surface area contributed by atoms with Crippen molar-refractivity contribution in [3.8, 4) is 0 Å². The predicted octanol–water partition coefficient (Wildman–Crippen LogP) is 2.81. The van der Waals surface area contributed by atoms with E-state index in [1.54, 1.807) is 24.4 Å². The Kier molecular flexibility index (Phi) is 6.21. The summed E-state index contributed by atoms with van der Waals surface area (Å²) in [6.45, 7) is 0.134. The summed E-state index contributed by atoms with van der Waals surface area (Å²) in [5, 5.41) is 12.9. The molecule has 1 aromatic heterocycles. The number of rotatable bonds is 4. The molecule has 1 fully saturated rings. The topological polar surface area (TPSA) is 62.2 Å². The summed E-state index contributed by atoms with van der Waals surface area (Å²) < 4.78 is 0. The number of halogens is 1. The maximum atomic E-state index is 12.0. The third-order valence-electron chi connectivity index (χ3n) is 3.90. The van der Waals surface area contributed by atoms with Crippen LogP contribution in [-0.4, -0.2) is 28.6 Å². The zero-order valence-electron chi connectivity index (χ0n) is 12.0. The molecule has 21 heavy (non-hydrogen) atoms. The number of nitrogens with one attached hydrogen (secondary N) is 1. The number of aromatic nitrogens is 1. The van der Waals surface area contributed by atoms with Crippen LogP contribution in [0.2, 0.25) is 5.15 Å². The summed E-state index contributed by atoms with van der Waals surface area (Å²) in [5.74, 6) is 0.0357. The van der Waals surface area contributed by atoms with Crippen molar-refractivity contribution in [3.05, 3.63) is 35.1 Å². The van der Waals surface area contributed by atoms with Gasteiger partial charge in [0.05, 0.1) is 0 Å². The van der Waals surface area contributed by atoms with Gasteiger partial charge in [-0.1, -0.05) is 30.9 Å². The second-order valence-corrected chi connectivity index (χ2v) is 5.83. The Morgan fingerprint density at radius 1 is 1.43 bits per heavy atom. The first kappa shape index (κ1) is 16.0. The van der Waals surface area contributed by atoms with Crippen molar-refractivity contribution in [2.75, 3.05) is 6.61 Å². The Hall–Kier alpha value is -1.39. The first-order valence-corrected chi connectivity index (χ1v) is 7.78. The molecule has 0 aliphatic heterocycles. The molecule has 1 aliphatic rings. The highest BCUT2D eigenvalue weighted by molar-refractivity contribution is 6.29. The van der Waals surface area contributed by atoms with E-state index in [1.165, 1.54) is 12.5 Å². The molecule has 0 saturated heterocycles.